The molecule has 0 spiro atoms. The van der Waals surface area contributed by atoms with E-state index < -0.39 is 0 Å². The van der Waals surface area contributed by atoms with Gasteiger partial charge >= 0.3 is 0 Å². The molecule has 0 aromatic carbocycles. The SMILES string of the molecule is N#CC12C3C4C1C1C2C3C41N. The fourth-order valence-corrected chi connectivity index (χ4v) is 5.83. The molecule has 54 valence electrons. The van der Waals surface area contributed by atoms with E-state index in [-0.39, 0.29) is 5.41 Å². The third kappa shape index (κ3) is 0.134. The highest BCUT2D eigenvalue weighted by atomic mass is 15.2. The highest BCUT2D eigenvalue weighted by Crippen LogP contribution is 3.06. The summed E-state index contributed by atoms with van der Waals surface area (Å²) in [4.78, 5) is 0. The Morgan fingerprint density at radius 2 is 1.45 bits per heavy atom. The van der Waals surface area contributed by atoms with Gasteiger partial charge in [0.25, 0.3) is 0 Å². The third-order valence-electron chi connectivity index (χ3n) is 5.90. The van der Waals surface area contributed by atoms with Gasteiger partial charge in [-0.1, -0.05) is 0 Å². The lowest BCUT2D eigenvalue weighted by Gasteiger charge is -3.09. The fraction of sp³-hybridized carbons (Fsp3) is 0.889. The molecule has 0 aromatic rings. The first-order valence-corrected chi connectivity index (χ1v) is 4.49. The number of nitrogens with two attached hydrogens (primary N) is 1. The number of nitriles is 1. The van der Waals surface area contributed by atoms with Crippen molar-refractivity contribution in [3.05, 3.63) is 0 Å². The van der Waals surface area contributed by atoms with Crippen molar-refractivity contribution in [1.82, 2.24) is 0 Å². The van der Waals surface area contributed by atoms with Crippen LogP contribution in [0.5, 0.6) is 0 Å². The van der Waals surface area contributed by atoms with Crippen LogP contribution in [0.3, 0.4) is 0 Å². The maximum Gasteiger partial charge on any atom is 0.0699 e. The Morgan fingerprint density at radius 3 is 1.82 bits per heavy atom. The topological polar surface area (TPSA) is 49.8 Å². The predicted molar refractivity (Wildman–Crippen MR) is 35.9 cm³/mol. The lowest BCUT2D eigenvalue weighted by molar-refractivity contribution is -0.602. The van der Waals surface area contributed by atoms with Crippen molar-refractivity contribution >= 4 is 0 Å². The minimum absolute atomic E-state index is 0.209. The summed E-state index contributed by atoms with van der Waals surface area (Å²) < 4.78 is 0. The van der Waals surface area contributed by atoms with Crippen molar-refractivity contribution in [2.75, 3.05) is 0 Å². The first-order valence-electron chi connectivity index (χ1n) is 4.49. The first kappa shape index (κ1) is 4.47. The predicted octanol–water partition coefficient (Wildman–Crippen LogP) is -0.0409. The molecule has 0 heterocycles. The number of rotatable bonds is 0. The molecule has 0 saturated heterocycles. The Bertz CT molecular complexity index is 311. The average Bonchev–Trinajstić information content (AvgIpc) is 2.06. The van der Waals surface area contributed by atoms with Gasteiger partial charge in [-0.15, -0.1) is 0 Å². The molecule has 0 aromatic heterocycles. The van der Waals surface area contributed by atoms with E-state index in [9.17, 15) is 0 Å². The summed E-state index contributed by atoms with van der Waals surface area (Å²) in [6.07, 6.45) is 0. The Morgan fingerprint density at radius 1 is 1.00 bits per heavy atom. The highest BCUT2D eigenvalue weighted by molar-refractivity contribution is 5.61. The number of nitrogens with zero attached hydrogens (tertiary/aromatic N) is 1. The Labute approximate surface area is 64.4 Å². The van der Waals surface area contributed by atoms with Crippen LogP contribution < -0.4 is 5.73 Å². The molecule has 6 aliphatic rings. The van der Waals surface area contributed by atoms with Crippen LogP contribution in [-0.4, -0.2) is 5.54 Å². The fourth-order valence-electron chi connectivity index (χ4n) is 5.83. The highest BCUT2D eigenvalue weighted by Gasteiger charge is 3.09. The van der Waals surface area contributed by atoms with Gasteiger partial charge < -0.3 is 5.73 Å². The lowest BCUT2D eigenvalue weighted by Crippen LogP contribution is -3.14. The summed E-state index contributed by atoms with van der Waals surface area (Å²) in [7, 11) is 0. The average molecular weight is 144 g/mol. The molecule has 0 unspecified atom stereocenters. The molecule has 0 aliphatic heterocycles. The molecule has 0 radical (unpaired) electrons. The van der Waals surface area contributed by atoms with E-state index >= 15 is 0 Å². The van der Waals surface area contributed by atoms with E-state index in [0.717, 1.165) is 35.5 Å². The van der Waals surface area contributed by atoms with Gasteiger partial charge in [0, 0.05) is 5.54 Å². The van der Waals surface area contributed by atoms with Crippen LogP contribution in [0.2, 0.25) is 0 Å². The van der Waals surface area contributed by atoms with Gasteiger partial charge in [-0.25, -0.2) is 0 Å². The summed E-state index contributed by atoms with van der Waals surface area (Å²) in [6, 6.07) is 2.55. The minimum atomic E-state index is 0.209. The first-order chi connectivity index (χ1) is 5.29. The summed E-state index contributed by atoms with van der Waals surface area (Å²) in [5, 5.41) is 9.01. The Kier molecular flexibility index (Phi) is 0.296. The van der Waals surface area contributed by atoms with E-state index in [4.69, 9.17) is 11.0 Å². The molecule has 2 N–H and O–H groups in total. The van der Waals surface area contributed by atoms with Gasteiger partial charge in [-0.3, -0.25) is 0 Å². The standard InChI is InChI=1S/C9H8N2/c10-1-8-2-5-3(8)7-4(8)6(2)9(5,7)11/h2-7H,11H2. The summed E-state index contributed by atoms with van der Waals surface area (Å²) in [6.45, 7) is 0. The van der Waals surface area contributed by atoms with Crippen LogP contribution in [0, 0.1) is 52.3 Å². The monoisotopic (exact) mass is 144 g/mol. The normalized spacial score (nSPS) is 94.5. The van der Waals surface area contributed by atoms with Crippen molar-refractivity contribution in [1.29, 1.82) is 5.26 Å². The molecule has 11 heavy (non-hydrogen) atoms. The van der Waals surface area contributed by atoms with Crippen LogP contribution in [0.25, 0.3) is 0 Å². The summed E-state index contributed by atoms with van der Waals surface area (Å²) in [5.74, 6) is 4.75. The van der Waals surface area contributed by atoms with Gasteiger partial charge in [0.2, 0.25) is 0 Å². The van der Waals surface area contributed by atoms with E-state index in [1.54, 1.807) is 0 Å². The van der Waals surface area contributed by atoms with E-state index in [1.807, 2.05) is 0 Å². The van der Waals surface area contributed by atoms with Crippen molar-refractivity contribution in [2.24, 2.45) is 46.7 Å². The second kappa shape index (κ2) is 0.728. The van der Waals surface area contributed by atoms with E-state index in [2.05, 4.69) is 6.07 Å². The number of hydrogen-bond acceptors (Lipinski definition) is 2. The lowest BCUT2D eigenvalue weighted by atomic mass is 8.94. The molecule has 6 fully saturated rings. The molecule has 0 atom stereocenters. The van der Waals surface area contributed by atoms with Crippen LogP contribution in [0.15, 0.2) is 0 Å². The smallest absolute Gasteiger partial charge is 0.0699 e. The Hall–Kier alpha value is -0.550. The molecule has 6 aliphatic carbocycles. The largest absolute Gasteiger partial charge is 0.324 e. The maximum atomic E-state index is 9.01. The molecule has 6 saturated carbocycles. The maximum absolute atomic E-state index is 9.01. The minimum Gasteiger partial charge on any atom is -0.324 e. The van der Waals surface area contributed by atoms with Crippen molar-refractivity contribution in [2.45, 2.75) is 5.54 Å². The second-order valence-corrected chi connectivity index (χ2v) is 5.20. The van der Waals surface area contributed by atoms with Gasteiger partial charge in [0.05, 0.1) is 11.5 Å². The van der Waals surface area contributed by atoms with Crippen LogP contribution >= 0.6 is 0 Å². The number of hydrogen-bond donors (Lipinski definition) is 1. The zero-order valence-corrected chi connectivity index (χ0v) is 5.99. The van der Waals surface area contributed by atoms with Crippen LogP contribution in [-0.2, 0) is 0 Å². The summed E-state index contributed by atoms with van der Waals surface area (Å²) in [5.41, 5.74) is 6.69. The summed E-state index contributed by atoms with van der Waals surface area (Å²) >= 11 is 0. The Balaban J connectivity index is 1.82. The molecule has 0 bridgehead atoms. The van der Waals surface area contributed by atoms with E-state index in [0.29, 0.717) is 5.54 Å². The molecule has 0 amide bonds. The van der Waals surface area contributed by atoms with Gasteiger partial charge in [0.1, 0.15) is 0 Å². The zero-order chi connectivity index (χ0) is 7.17. The third-order valence-corrected chi connectivity index (χ3v) is 5.90. The molecule has 2 heteroatoms. The van der Waals surface area contributed by atoms with Gasteiger partial charge in [0.15, 0.2) is 0 Å². The molecular formula is C9H8N2. The second-order valence-electron chi connectivity index (χ2n) is 5.20. The van der Waals surface area contributed by atoms with Crippen molar-refractivity contribution in [3.8, 4) is 6.07 Å². The zero-order valence-electron chi connectivity index (χ0n) is 5.99. The molecule has 6 rings (SSSR count). The quantitative estimate of drug-likeness (QED) is 0.518. The molecular weight excluding hydrogens is 136 g/mol. The molecule has 2 nitrogen and oxygen atoms in total. The van der Waals surface area contributed by atoms with Gasteiger partial charge in [-0.05, 0) is 35.5 Å². The van der Waals surface area contributed by atoms with E-state index in [1.165, 1.54) is 0 Å². The van der Waals surface area contributed by atoms with Crippen LogP contribution in [0.1, 0.15) is 0 Å². The van der Waals surface area contributed by atoms with Crippen LogP contribution in [0.4, 0.5) is 0 Å². The van der Waals surface area contributed by atoms with Gasteiger partial charge in [-0.2, -0.15) is 5.26 Å². The van der Waals surface area contributed by atoms with Crippen molar-refractivity contribution < 1.29 is 0 Å². The van der Waals surface area contributed by atoms with Crippen molar-refractivity contribution in [3.63, 3.8) is 0 Å².